The highest BCUT2D eigenvalue weighted by molar-refractivity contribution is 6.32. The Morgan fingerprint density at radius 1 is 1.27 bits per heavy atom. The number of ketones is 1. The molecule has 2 aromatic rings. The molecule has 0 saturated carbocycles. The van der Waals surface area contributed by atoms with Gasteiger partial charge in [-0.1, -0.05) is 35.3 Å². The van der Waals surface area contributed by atoms with Crippen LogP contribution < -0.4 is 0 Å². The van der Waals surface area contributed by atoms with Gasteiger partial charge in [-0.15, -0.1) is 0 Å². The van der Waals surface area contributed by atoms with Crippen LogP contribution in [0, 0.1) is 0 Å². The van der Waals surface area contributed by atoms with Crippen molar-refractivity contribution in [3.05, 3.63) is 57.3 Å². The minimum atomic E-state index is -0.989. The lowest BCUT2D eigenvalue weighted by molar-refractivity contribution is -0.138. The van der Waals surface area contributed by atoms with Gasteiger partial charge in [-0.25, -0.2) is 0 Å². The van der Waals surface area contributed by atoms with Crippen molar-refractivity contribution in [3.8, 4) is 0 Å². The van der Waals surface area contributed by atoms with Gasteiger partial charge >= 0.3 is 5.97 Å². The molecule has 4 nitrogen and oxygen atoms in total. The van der Waals surface area contributed by atoms with Crippen molar-refractivity contribution in [3.63, 3.8) is 0 Å². The summed E-state index contributed by atoms with van der Waals surface area (Å²) in [5.74, 6) is -2.03. The SMILES string of the molecule is CCn1c(C(=O)c2cccc(Cl)c2)cc(Cl)c1C(C)C(=O)O. The molecular weight excluding hydrogens is 325 g/mol. The number of carbonyl (C=O) groups is 2. The zero-order valence-electron chi connectivity index (χ0n) is 12.1. The van der Waals surface area contributed by atoms with Crippen molar-refractivity contribution < 1.29 is 14.7 Å². The van der Waals surface area contributed by atoms with E-state index in [9.17, 15) is 14.7 Å². The molecule has 0 spiro atoms. The molecule has 22 heavy (non-hydrogen) atoms. The van der Waals surface area contributed by atoms with E-state index in [1.54, 1.807) is 35.8 Å². The van der Waals surface area contributed by atoms with Gasteiger partial charge in [0.25, 0.3) is 0 Å². The molecule has 0 bridgehead atoms. The summed E-state index contributed by atoms with van der Waals surface area (Å²) in [6.45, 7) is 3.83. The highest BCUT2D eigenvalue weighted by atomic mass is 35.5. The van der Waals surface area contributed by atoms with Gasteiger partial charge in [-0.05, 0) is 32.0 Å². The average molecular weight is 340 g/mol. The maximum Gasteiger partial charge on any atom is 0.312 e. The molecule has 0 fully saturated rings. The fourth-order valence-corrected chi connectivity index (χ4v) is 2.95. The topological polar surface area (TPSA) is 59.3 Å². The van der Waals surface area contributed by atoms with Crippen molar-refractivity contribution in [2.45, 2.75) is 26.3 Å². The summed E-state index contributed by atoms with van der Waals surface area (Å²) in [4.78, 5) is 23.9. The number of rotatable bonds is 5. The second-order valence-corrected chi connectivity index (χ2v) is 5.75. The molecule has 1 atom stereocenters. The lowest BCUT2D eigenvalue weighted by atomic mass is 10.1. The van der Waals surface area contributed by atoms with Gasteiger partial charge in [-0.3, -0.25) is 9.59 Å². The van der Waals surface area contributed by atoms with E-state index >= 15 is 0 Å². The van der Waals surface area contributed by atoms with Crippen molar-refractivity contribution in [2.24, 2.45) is 0 Å². The number of hydrogen-bond acceptors (Lipinski definition) is 2. The number of benzene rings is 1. The largest absolute Gasteiger partial charge is 0.481 e. The van der Waals surface area contributed by atoms with Gasteiger partial charge in [0.2, 0.25) is 5.78 Å². The van der Waals surface area contributed by atoms with Crippen molar-refractivity contribution >= 4 is 35.0 Å². The van der Waals surface area contributed by atoms with E-state index in [0.29, 0.717) is 28.5 Å². The molecule has 1 unspecified atom stereocenters. The van der Waals surface area contributed by atoms with E-state index in [1.165, 1.54) is 6.07 Å². The minimum Gasteiger partial charge on any atom is -0.481 e. The van der Waals surface area contributed by atoms with E-state index in [1.807, 2.05) is 6.92 Å². The molecule has 0 saturated heterocycles. The van der Waals surface area contributed by atoms with Crippen LogP contribution in [0.25, 0.3) is 0 Å². The molecule has 1 aromatic carbocycles. The lowest BCUT2D eigenvalue weighted by Crippen LogP contribution is -2.16. The number of nitrogens with zero attached hydrogens (tertiary/aromatic N) is 1. The fourth-order valence-electron chi connectivity index (χ4n) is 2.39. The number of carboxylic acid groups (broad SMARTS) is 1. The molecule has 0 aliphatic carbocycles. The maximum atomic E-state index is 12.7. The predicted molar refractivity (Wildman–Crippen MR) is 86.1 cm³/mol. The quantitative estimate of drug-likeness (QED) is 0.829. The van der Waals surface area contributed by atoms with E-state index in [0.717, 1.165) is 0 Å². The second kappa shape index (κ2) is 6.55. The molecule has 0 amide bonds. The third-order valence-corrected chi connectivity index (χ3v) is 4.04. The first-order valence-corrected chi connectivity index (χ1v) is 7.54. The Kier molecular flexibility index (Phi) is 4.94. The van der Waals surface area contributed by atoms with Crippen LogP contribution >= 0.6 is 23.2 Å². The van der Waals surface area contributed by atoms with Crippen LogP contribution in [0.4, 0.5) is 0 Å². The third-order valence-electron chi connectivity index (χ3n) is 3.51. The average Bonchev–Trinajstić information content (AvgIpc) is 2.81. The molecule has 0 radical (unpaired) electrons. The van der Waals surface area contributed by atoms with Crippen molar-refractivity contribution in [1.82, 2.24) is 4.57 Å². The molecule has 116 valence electrons. The first kappa shape index (κ1) is 16.6. The van der Waals surface area contributed by atoms with Gasteiger partial charge in [0.1, 0.15) is 0 Å². The summed E-state index contributed by atoms with van der Waals surface area (Å²) >= 11 is 12.1. The van der Waals surface area contributed by atoms with Crippen LogP contribution in [-0.2, 0) is 11.3 Å². The molecule has 2 rings (SSSR count). The molecule has 6 heteroatoms. The monoisotopic (exact) mass is 339 g/mol. The van der Waals surface area contributed by atoms with Gasteiger partial charge in [0.15, 0.2) is 0 Å². The summed E-state index contributed by atoms with van der Waals surface area (Å²) in [5, 5.41) is 9.95. The van der Waals surface area contributed by atoms with Gasteiger partial charge in [0, 0.05) is 17.1 Å². The van der Waals surface area contributed by atoms with E-state index in [2.05, 4.69) is 0 Å². The Morgan fingerprint density at radius 3 is 2.50 bits per heavy atom. The van der Waals surface area contributed by atoms with Gasteiger partial charge in [0.05, 0.1) is 22.3 Å². The van der Waals surface area contributed by atoms with E-state index in [-0.39, 0.29) is 10.8 Å². The summed E-state index contributed by atoms with van der Waals surface area (Å²) < 4.78 is 1.64. The number of aliphatic carboxylic acids is 1. The van der Waals surface area contributed by atoms with Gasteiger partial charge in [-0.2, -0.15) is 0 Å². The Morgan fingerprint density at radius 2 is 1.95 bits per heavy atom. The van der Waals surface area contributed by atoms with Crippen LogP contribution in [0.2, 0.25) is 10.0 Å². The Labute approximate surface area is 138 Å². The zero-order chi connectivity index (χ0) is 16.4. The lowest BCUT2D eigenvalue weighted by Gasteiger charge is -2.14. The van der Waals surface area contributed by atoms with Crippen LogP contribution in [0.3, 0.4) is 0 Å². The number of carbonyl (C=O) groups excluding carboxylic acids is 1. The summed E-state index contributed by atoms with van der Waals surface area (Å²) in [6, 6.07) is 8.13. The molecule has 1 N–H and O–H groups in total. The van der Waals surface area contributed by atoms with Crippen LogP contribution in [0.1, 0.15) is 41.5 Å². The van der Waals surface area contributed by atoms with Crippen LogP contribution in [-0.4, -0.2) is 21.4 Å². The molecule has 1 heterocycles. The number of aromatic nitrogens is 1. The number of hydrogen-bond donors (Lipinski definition) is 1. The summed E-state index contributed by atoms with van der Waals surface area (Å²) in [6.07, 6.45) is 0. The van der Waals surface area contributed by atoms with Gasteiger partial charge < -0.3 is 9.67 Å². The first-order valence-electron chi connectivity index (χ1n) is 6.78. The fraction of sp³-hybridized carbons (Fsp3) is 0.250. The first-order chi connectivity index (χ1) is 10.4. The Balaban J connectivity index is 2.55. The minimum absolute atomic E-state index is 0.241. The highest BCUT2D eigenvalue weighted by Gasteiger charge is 2.26. The molecule has 0 aliphatic heterocycles. The Bertz CT molecular complexity index is 737. The van der Waals surface area contributed by atoms with Crippen molar-refractivity contribution in [2.75, 3.05) is 0 Å². The Hall–Kier alpha value is -1.78. The van der Waals surface area contributed by atoms with E-state index < -0.39 is 11.9 Å². The normalized spacial score (nSPS) is 12.2. The van der Waals surface area contributed by atoms with Crippen LogP contribution in [0.15, 0.2) is 30.3 Å². The summed E-state index contributed by atoms with van der Waals surface area (Å²) in [7, 11) is 0. The smallest absolute Gasteiger partial charge is 0.312 e. The molecule has 0 aliphatic rings. The highest BCUT2D eigenvalue weighted by Crippen LogP contribution is 2.30. The number of halogens is 2. The molecule has 1 aromatic heterocycles. The molecular formula is C16H15Cl2NO3. The zero-order valence-corrected chi connectivity index (χ0v) is 13.6. The second-order valence-electron chi connectivity index (χ2n) is 4.91. The predicted octanol–water partition coefficient (Wildman–Crippen LogP) is 4.23. The van der Waals surface area contributed by atoms with Crippen LogP contribution in [0.5, 0.6) is 0 Å². The maximum absolute atomic E-state index is 12.7. The summed E-state index contributed by atoms with van der Waals surface area (Å²) in [5.41, 5.74) is 1.23. The van der Waals surface area contributed by atoms with Crippen molar-refractivity contribution in [1.29, 1.82) is 0 Å². The third kappa shape index (κ3) is 3.03. The standard InChI is InChI=1S/C16H15Cl2NO3/c1-3-19-13(8-12(18)14(19)9(2)16(21)22)15(20)10-5-4-6-11(17)7-10/h4-9H,3H2,1-2H3,(H,21,22). The number of carboxylic acids is 1. The van der Waals surface area contributed by atoms with E-state index in [4.69, 9.17) is 23.2 Å².